The van der Waals surface area contributed by atoms with Gasteiger partial charge >= 0.3 is 11.9 Å². The maximum Gasteiger partial charge on any atom is 0.328 e. The number of carboxylic acids is 2. The van der Waals surface area contributed by atoms with Crippen molar-refractivity contribution in [3.05, 3.63) is 66.3 Å². The minimum Gasteiger partial charge on any atom is -0.478 e. The van der Waals surface area contributed by atoms with Crippen molar-refractivity contribution < 1.29 is 33.3 Å². The van der Waals surface area contributed by atoms with E-state index >= 15 is 0 Å². The van der Waals surface area contributed by atoms with Gasteiger partial charge in [0.15, 0.2) is 0 Å². The molecule has 1 saturated heterocycles. The van der Waals surface area contributed by atoms with Gasteiger partial charge in [-0.2, -0.15) is 0 Å². The van der Waals surface area contributed by atoms with E-state index in [1.807, 2.05) is 0 Å². The molecule has 10 heteroatoms. The lowest BCUT2D eigenvalue weighted by Crippen LogP contribution is -2.33. The fourth-order valence-corrected chi connectivity index (χ4v) is 3.38. The first-order valence-corrected chi connectivity index (χ1v) is 10.3. The van der Waals surface area contributed by atoms with E-state index in [-0.39, 0.29) is 11.6 Å². The average molecular weight is 459 g/mol. The van der Waals surface area contributed by atoms with E-state index in [0.717, 1.165) is 25.9 Å². The summed E-state index contributed by atoms with van der Waals surface area (Å²) in [6, 6.07) is 10.7. The van der Waals surface area contributed by atoms with Crippen LogP contribution in [0.4, 0.5) is 8.78 Å². The van der Waals surface area contributed by atoms with Gasteiger partial charge in [0, 0.05) is 24.6 Å². The molecular weight excluding hydrogens is 436 g/mol. The molecule has 0 radical (unpaired) electrons. The largest absolute Gasteiger partial charge is 0.478 e. The van der Waals surface area contributed by atoms with Gasteiger partial charge in [-0.1, -0.05) is 12.1 Å². The number of carboxylic acid groups (broad SMARTS) is 2. The van der Waals surface area contributed by atoms with Gasteiger partial charge in [-0.25, -0.2) is 23.1 Å². The molecule has 3 aromatic rings. The van der Waals surface area contributed by atoms with E-state index in [2.05, 4.69) is 10.4 Å². The minimum absolute atomic E-state index is 0.313. The highest BCUT2D eigenvalue weighted by atomic mass is 19.1. The van der Waals surface area contributed by atoms with Gasteiger partial charge in [0.05, 0.1) is 17.5 Å². The average Bonchev–Trinajstić information content (AvgIpc) is 3.15. The monoisotopic (exact) mass is 459 g/mol. The normalized spacial score (nSPS) is 15.8. The summed E-state index contributed by atoms with van der Waals surface area (Å²) in [5.74, 6) is -2.54. The van der Waals surface area contributed by atoms with Gasteiger partial charge in [0.25, 0.3) is 0 Å². The van der Waals surface area contributed by atoms with Crippen LogP contribution in [0.1, 0.15) is 12.8 Å². The molecule has 1 fully saturated rings. The number of ether oxygens (including phenoxy) is 1. The summed E-state index contributed by atoms with van der Waals surface area (Å²) in [5, 5.41) is 23.9. The van der Waals surface area contributed by atoms with Crippen molar-refractivity contribution in [1.29, 1.82) is 0 Å². The first-order valence-electron chi connectivity index (χ1n) is 10.3. The Bertz CT molecular complexity index is 1140. The molecule has 1 aliphatic rings. The van der Waals surface area contributed by atoms with Crippen LogP contribution in [0.5, 0.6) is 5.88 Å². The van der Waals surface area contributed by atoms with Crippen molar-refractivity contribution in [3.8, 4) is 11.6 Å². The highest BCUT2D eigenvalue weighted by molar-refractivity contribution is 5.89. The number of hydrogen-bond acceptors (Lipinski definition) is 5. The SMILES string of the molecule is Fc1ccc2c(c1)c(OC[C@H]1CCCNC1)nn2-c1ccccc1F.O=C(O)C=CC(=O)O. The molecule has 0 aliphatic carbocycles. The van der Waals surface area contributed by atoms with Crippen molar-refractivity contribution >= 4 is 22.8 Å². The van der Waals surface area contributed by atoms with Crippen molar-refractivity contribution in [2.45, 2.75) is 12.8 Å². The number of carbonyl (C=O) groups is 2. The van der Waals surface area contributed by atoms with Gasteiger partial charge in [-0.05, 0) is 49.7 Å². The first kappa shape index (κ1) is 23.9. The third-order valence-electron chi connectivity index (χ3n) is 4.91. The molecule has 0 saturated carbocycles. The fourth-order valence-electron chi connectivity index (χ4n) is 3.38. The molecule has 1 aliphatic heterocycles. The summed E-state index contributed by atoms with van der Waals surface area (Å²) in [5.41, 5.74) is 0.927. The van der Waals surface area contributed by atoms with Gasteiger partial charge in [0.1, 0.15) is 17.3 Å². The Morgan fingerprint density at radius 2 is 1.88 bits per heavy atom. The van der Waals surface area contributed by atoms with Crippen molar-refractivity contribution in [2.75, 3.05) is 19.7 Å². The van der Waals surface area contributed by atoms with Crippen LogP contribution in [0.3, 0.4) is 0 Å². The van der Waals surface area contributed by atoms with Crippen LogP contribution in [0.2, 0.25) is 0 Å². The molecule has 2 aromatic carbocycles. The third kappa shape index (κ3) is 6.59. The number of para-hydroxylation sites is 1. The van der Waals surface area contributed by atoms with Crippen LogP contribution in [0, 0.1) is 17.6 Å². The number of hydrogen-bond donors (Lipinski definition) is 3. The predicted molar refractivity (Wildman–Crippen MR) is 116 cm³/mol. The van der Waals surface area contributed by atoms with E-state index in [1.54, 1.807) is 24.3 Å². The van der Waals surface area contributed by atoms with E-state index in [4.69, 9.17) is 14.9 Å². The number of benzene rings is 2. The summed E-state index contributed by atoms with van der Waals surface area (Å²) >= 11 is 0. The first-order chi connectivity index (χ1) is 15.8. The number of fused-ring (bicyclic) bond motifs is 1. The fraction of sp³-hybridized carbons (Fsp3) is 0.261. The highest BCUT2D eigenvalue weighted by Crippen LogP contribution is 2.29. The van der Waals surface area contributed by atoms with Crippen molar-refractivity contribution in [2.24, 2.45) is 5.92 Å². The zero-order chi connectivity index (χ0) is 23.8. The van der Waals surface area contributed by atoms with E-state index < -0.39 is 11.9 Å². The maximum absolute atomic E-state index is 14.2. The second kappa shape index (κ2) is 11.2. The summed E-state index contributed by atoms with van der Waals surface area (Å²) in [7, 11) is 0. The van der Waals surface area contributed by atoms with Crippen LogP contribution >= 0.6 is 0 Å². The smallest absolute Gasteiger partial charge is 0.328 e. The second-order valence-electron chi connectivity index (χ2n) is 7.36. The zero-order valence-corrected chi connectivity index (χ0v) is 17.6. The number of aliphatic carboxylic acids is 2. The molecule has 1 atom stereocenters. The second-order valence-corrected chi connectivity index (χ2v) is 7.36. The number of aromatic nitrogens is 2. The third-order valence-corrected chi connectivity index (χ3v) is 4.91. The van der Waals surface area contributed by atoms with Crippen LogP contribution in [-0.4, -0.2) is 51.6 Å². The quantitative estimate of drug-likeness (QED) is 0.484. The number of halogens is 2. The summed E-state index contributed by atoms with van der Waals surface area (Å²) in [4.78, 5) is 19.1. The van der Waals surface area contributed by atoms with Gasteiger partial charge in [-0.3, -0.25) is 0 Å². The molecule has 3 N–H and O–H groups in total. The molecular formula is C23H23F2N3O5. The maximum atomic E-state index is 14.2. The lowest BCUT2D eigenvalue weighted by Gasteiger charge is -2.22. The lowest BCUT2D eigenvalue weighted by atomic mass is 10.0. The molecule has 4 rings (SSSR count). The van der Waals surface area contributed by atoms with E-state index in [1.165, 1.54) is 22.9 Å². The molecule has 0 amide bonds. The Hall–Kier alpha value is -3.79. The Kier molecular flexibility index (Phi) is 8.09. The summed E-state index contributed by atoms with van der Waals surface area (Å²) in [6.07, 6.45) is 3.32. The lowest BCUT2D eigenvalue weighted by molar-refractivity contribution is -0.134. The van der Waals surface area contributed by atoms with Crippen LogP contribution in [0.15, 0.2) is 54.6 Å². The number of nitrogens with one attached hydrogen (secondary N) is 1. The topological polar surface area (TPSA) is 114 Å². The van der Waals surface area contributed by atoms with Gasteiger partial charge in [0.2, 0.25) is 5.88 Å². The van der Waals surface area contributed by atoms with Crippen molar-refractivity contribution in [3.63, 3.8) is 0 Å². The van der Waals surface area contributed by atoms with Crippen molar-refractivity contribution in [1.82, 2.24) is 15.1 Å². The van der Waals surface area contributed by atoms with Gasteiger partial charge in [-0.15, -0.1) is 5.10 Å². The number of nitrogens with zero attached hydrogens (tertiary/aromatic N) is 2. The Morgan fingerprint density at radius 3 is 2.52 bits per heavy atom. The Labute approximate surface area is 188 Å². The number of piperidine rings is 1. The summed E-state index contributed by atoms with van der Waals surface area (Å²) in [6.45, 7) is 2.44. The predicted octanol–water partition coefficient (Wildman–Crippen LogP) is 3.39. The van der Waals surface area contributed by atoms with Gasteiger partial charge < -0.3 is 20.3 Å². The van der Waals surface area contributed by atoms with Crippen LogP contribution in [-0.2, 0) is 9.59 Å². The molecule has 2 heterocycles. The molecule has 0 unspecified atom stereocenters. The molecule has 0 spiro atoms. The van der Waals surface area contributed by atoms with E-state index in [0.29, 0.717) is 47.1 Å². The highest BCUT2D eigenvalue weighted by Gasteiger charge is 2.19. The zero-order valence-electron chi connectivity index (χ0n) is 17.6. The Balaban J connectivity index is 0.000000331. The number of rotatable bonds is 6. The Morgan fingerprint density at radius 1 is 1.15 bits per heavy atom. The molecule has 174 valence electrons. The molecule has 0 bridgehead atoms. The molecule has 8 nitrogen and oxygen atoms in total. The molecule has 33 heavy (non-hydrogen) atoms. The molecule has 1 aromatic heterocycles. The minimum atomic E-state index is -1.26. The standard InChI is InChI=1S/C19H19F2N3O.C4H4O4/c20-14-7-8-17-15(10-14)19(25-12-13-4-3-9-22-11-13)23-24(17)18-6-2-1-5-16(18)21;5-3(6)1-2-4(7)8/h1-2,5-8,10,13,22H,3-4,9,11-12H2;1-2H,(H,5,6)(H,7,8)/t13-;/m0./s1. The van der Waals surface area contributed by atoms with Crippen LogP contribution in [0.25, 0.3) is 16.6 Å². The van der Waals surface area contributed by atoms with Crippen LogP contribution < -0.4 is 10.1 Å². The summed E-state index contributed by atoms with van der Waals surface area (Å²) < 4.78 is 35.3. The van der Waals surface area contributed by atoms with E-state index in [9.17, 15) is 18.4 Å².